The highest BCUT2D eigenvalue weighted by Crippen LogP contribution is 2.15. The summed E-state index contributed by atoms with van der Waals surface area (Å²) in [6.45, 7) is 4.61. The van der Waals surface area contributed by atoms with Crippen molar-refractivity contribution in [1.29, 1.82) is 0 Å². The second kappa shape index (κ2) is 6.23. The molecule has 1 N–H and O–H groups in total. The van der Waals surface area contributed by atoms with Crippen molar-refractivity contribution in [2.24, 2.45) is 5.92 Å². The Kier molecular flexibility index (Phi) is 5.25. The van der Waals surface area contributed by atoms with Crippen LogP contribution in [0.15, 0.2) is 6.20 Å². The van der Waals surface area contributed by atoms with Gasteiger partial charge in [0, 0.05) is 24.2 Å². The van der Waals surface area contributed by atoms with Crippen molar-refractivity contribution < 1.29 is 4.74 Å². The van der Waals surface area contributed by atoms with Gasteiger partial charge in [0.25, 0.3) is 0 Å². The average molecular weight is 264 g/mol. The van der Waals surface area contributed by atoms with Gasteiger partial charge in [-0.3, -0.25) is 0 Å². The zero-order chi connectivity index (χ0) is 10.7. The average Bonchev–Trinajstić information content (AvgIpc) is 2.73. The number of hydrogen-bond donors (Lipinski definition) is 1. The van der Waals surface area contributed by atoms with Crippen molar-refractivity contribution in [2.75, 3.05) is 19.7 Å². The third-order valence-electron chi connectivity index (χ3n) is 2.50. The molecular weight excluding hydrogens is 249 g/mol. The van der Waals surface area contributed by atoms with Crippen molar-refractivity contribution in [2.45, 2.75) is 13.3 Å². The van der Waals surface area contributed by atoms with Crippen LogP contribution in [-0.4, -0.2) is 29.7 Å². The Labute approximate surface area is 106 Å². The molecule has 2 heterocycles. The second-order valence-electron chi connectivity index (χ2n) is 3.80. The summed E-state index contributed by atoms with van der Waals surface area (Å²) < 4.78 is 5.48. The summed E-state index contributed by atoms with van der Waals surface area (Å²) in [7, 11) is 0. The fourth-order valence-electron chi connectivity index (χ4n) is 1.52. The summed E-state index contributed by atoms with van der Waals surface area (Å²) in [6, 6.07) is 0.373. The zero-order valence-corrected chi connectivity index (χ0v) is 10.6. The third-order valence-corrected chi connectivity index (χ3v) is 2.88. The fourth-order valence-corrected chi connectivity index (χ4v) is 1.65. The van der Waals surface area contributed by atoms with Crippen molar-refractivity contribution in [3.8, 4) is 6.01 Å². The van der Waals surface area contributed by atoms with Crippen LogP contribution in [0.5, 0.6) is 6.01 Å². The molecule has 16 heavy (non-hydrogen) atoms. The number of hydrogen-bond acceptors (Lipinski definition) is 4. The molecule has 0 aliphatic carbocycles. The topological polar surface area (TPSA) is 47.0 Å². The first-order valence-corrected chi connectivity index (χ1v) is 5.46. The van der Waals surface area contributed by atoms with Crippen LogP contribution in [0.3, 0.4) is 0 Å². The van der Waals surface area contributed by atoms with E-state index in [1.165, 1.54) is 0 Å². The first-order chi connectivity index (χ1) is 7.25. The largest absolute Gasteiger partial charge is 0.463 e. The molecule has 90 valence electrons. The Morgan fingerprint density at radius 3 is 3.06 bits per heavy atom. The van der Waals surface area contributed by atoms with Gasteiger partial charge >= 0.3 is 6.01 Å². The van der Waals surface area contributed by atoms with Crippen LogP contribution in [0.2, 0.25) is 5.15 Å². The van der Waals surface area contributed by atoms with E-state index in [1.807, 2.05) is 6.92 Å². The smallest absolute Gasteiger partial charge is 0.317 e. The molecule has 4 nitrogen and oxygen atoms in total. The van der Waals surface area contributed by atoms with Crippen LogP contribution >= 0.6 is 24.0 Å². The molecule has 1 unspecified atom stereocenters. The number of aromatic nitrogens is 2. The normalized spacial score (nSPS) is 19.2. The Hall–Kier alpha value is -0.580. The second-order valence-corrected chi connectivity index (χ2v) is 4.15. The van der Waals surface area contributed by atoms with E-state index in [9.17, 15) is 0 Å². The van der Waals surface area contributed by atoms with Gasteiger partial charge in [0.05, 0.1) is 6.61 Å². The summed E-state index contributed by atoms with van der Waals surface area (Å²) in [4.78, 5) is 8.11. The molecule has 0 bridgehead atoms. The zero-order valence-electron chi connectivity index (χ0n) is 9.07. The lowest BCUT2D eigenvalue weighted by atomic mass is 10.1. The highest BCUT2D eigenvalue weighted by molar-refractivity contribution is 6.30. The molecule has 2 rings (SSSR count). The van der Waals surface area contributed by atoms with Crippen LogP contribution in [0.4, 0.5) is 0 Å². The van der Waals surface area contributed by atoms with E-state index in [-0.39, 0.29) is 12.4 Å². The van der Waals surface area contributed by atoms with E-state index in [0.717, 1.165) is 25.1 Å². The lowest BCUT2D eigenvalue weighted by Gasteiger charge is -2.09. The fraction of sp³-hybridized carbons (Fsp3) is 0.600. The van der Waals surface area contributed by atoms with E-state index in [2.05, 4.69) is 15.3 Å². The summed E-state index contributed by atoms with van der Waals surface area (Å²) in [6.07, 6.45) is 2.83. The van der Waals surface area contributed by atoms with Crippen molar-refractivity contribution in [3.63, 3.8) is 0 Å². The van der Waals surface area contributed by atoms with E-state index < -0.39 is 0 Å². The maximum absolute atomic E-state index is 5.87. The molecule has 1 aromatic rings. The van der Waals surface area contributed by atoms with Gasteiger partial charge in [-0.2, -0.15) is 4.98 Å². The molecule has 0 spiro atoms. The van der Waals surface area contributed by atoms with Crippen LogP contribution in [0.25, 0.3) is 0 Å². The molecule has 0 aromatic carbocycles. The number of nitrogens with zero attached hydrogens (tertiary/aromatic N) is 2. The van der Waals surface area contributed by atoms with Crippen molar-refractivity contribution >= 4 is 24.0 Å². The molecule has 1 aliphatic rings. The monoisotopic (exact) mass is 263 g/mol. The molecule has 0 saturated carbocycles. The van der Waals surface area contributed by atoms with Gasteiger partial charge in [0.2, 0.25) is 0 Å². The Balaban J connectivity index is 0.00000128. The summed E-state index contributed by atoms with van der Waals surface area (Å²) in [5, 5.41) is 3.74. The predicted octanol–water partition coefficient (Wildman–Crippen LogP) is 1.85. The Morgan fingerprint density at radius 2 is 2.44 bits per heavy atom. The van der Waals surface area contributed by atoms with E-state index in [4.69, 9.17) is 16.3 Å². The van der Waals surface area contributed by atoms with Crippen molar-refractivity contribution in [3.05, 3.63) is 16.9 Å². The standard InChI is InChI=1S/C10H14ClN3O.ClH/c1-7-4-13-10(14-9(7)11)15-6-8-2-3-12-5-8;/h4,8,12H,2-3,5-6H2,1H3;1H. The lowest BCUT2D eigenvalue weighted by molar-refractivity contribution is 0.241. The maximum Gasteiger partial charge on any atom is 0.317 e. The molecule has 6 heteroatoms. The number of halogens is 2. The minimum atomic E-state index is 0. The van der Waals surface area contributed by atoms with Gasteiger partial charge in [-0.25, -0.2) is 4.98 Å². The summed E-state index contributed by atoms with van der Waals surface area (Å²) in [5.74, 6) is 0.564. The summed E-state index contributed by atoms with van der Waals surface area (Å²) >= 11 is 5.87. The maximum atomic E-state index is 5.87. The number of aryl methyl sites for hydroxylation is 1. The van der Waals surface area contributed by atoms with Gasteiger partial charge in [-0.05, 0) is 19.9 Å². The highest BCUT2D eigenvalue weighted by Gasteiger charge is 2.15. The van der Waals surface area contributed by atoms with Gasteiger partial charge in [-0.15, -0.1) is 12.4 Å². The predicted molar refractivity (Wildman–Crippen MR) is 65.5 cm³/mol. The van der Waals surface area contributed by atoms with E-state index >= 15 is 0 Å². The molecule has 1 atom stereocenters. The molecule has 1 aliphatic heterocycles. The number of ether oxygens (including phenoxy) is 1. The van der Waals surface area contributed by atoms with Crippen LogP contribution in [0.1, 0.15) is 12.0 Å². The van der Waals surface area contributed by atoms with E-state index in [1.54, 1.807) is 6.20 Å². The van der Waals surface area contributed by atoms with Crippen LogP contribution in [0, 0.1) is 12.8 Å². The van der Waals surface area contributed by atoms with Gasteiger partial charge in [0.1, 0.15) is 5.15 Å². The molecule has 1 saturated heterocycles. The first kappa shape index (κ1) is 13.5. The Morgan fingerprint density at radius 1 is 1.62 bits per heavy atom. The number of nitrogens with one attached hydrogen (secondary N) is 1. The van der Waals surface area contributed by atoms with Gasteiger partial charge in [-0.1, -0.05) is 11.6 Å². The first-order valence-electron chi connectivity index (χ1n) is 5.08. The third kappa shape index (κ3) is 3.47. The van der Waals surface area contributed by atoms with E-state index in [0.29, 0.717) is 23.7 Å². The van der Waals surface area contributed by atoms with Crippen LogP contribution < -0.4 is 10.1 Å². The molecule has 1 fully saturated rings. The van der Waals surface area contributed by atoms with Crippen LogP contribution in [-0.2, 0) is 0 Å². The molecule has 0 radical (unpaired) electrons. The highest BCUT2D eigenvalue weighted by atomic mass is 35.5. The lowest BCUT2D eigenvalue weighted by Crippen LogP contribution is -2.16. The molecule has 1 aromatic heterocycles. The van der Waals surface area contributed by atoms with Gasteiger partial charge in [0.15, 0.2) is 0 Å². The SMILES string of the molecule is Cc1cnc(OCC2CCNC2)nc1Cl.Cl. The number of rotatable bonds is 3. The minimum absolute atomic E-state index is 0. The van der Waals surface area contributed by atoms with Gasteiger partial charge < -0.3 is 10.1 Å². The Bertz CT molecular complexity index is 343. The quantitative estimate of drug-likeness (QED) is 0.846. The summed E-state index contributed by atoms with van der Waals surface area (Å²) in [5.41, 5.74) is 0.867. The molecular formula is C10H15Cl2N3O. The minimum Gasteiger partial charge on any atom is -0.463 e. The molecule has 0 amide bonds. The van der Waals surface area contributed by atoms with Crippen molar-refractivity contribution in [1.82, 2.24) is 15.3 Å².